The molecule has 2 amide bonds. The first-order chi connectivity index (χ1) is 26.5. The van der Waals surface area contributed by atoms with Crippen molar-refractivity contribution in [3.63, 3.8) is 0 Å². The van der Waals surface area contributed by atoms with E-state index in [-0.39, 0.29) is 24.9 Å². The predicted octanol–water partition coefficient (Wildman–Crippen LogP) is 8.48. The Morgan fingerprint density at radius 2 is 0.889 bits per heavy atom. The summed E-state index contributed by atoms with van der Waals surface area (Å²) in [5, 5.41) is 4.20. The van der Waals surface area contributed by atoms with E-state index in [0.717, 1.165) is 32.7 Å². The summed E-state index contributed by atoms with van der Waals surface area (Å²) in [6.45, 7) is 8.75. The van der Waals surface area contributed by atoms with E-state index in [1.54, 1.807) is 22.0 Å². The van der Waals surface area contributed by atoms with E-state index in [1.165, 1.54) is 0 Å². The fourth-order valence-electron chi connectivity index (χ4n) is 7.42. The number of carbonyl (C=O) groups is 2. The van der Waals surface area contributed by atoms with Gasteiger partial charge in [-0.05, 0) is 57.9 Å². The highest BCUT2D eigenvalue weighted by molar-refractivity contribution is 5.92. The van der Waals surface area contributed by atoms with Crippen LogP contribution < -0.4 is 18.9 Å². The average Bonchev–Trinajstić information content (AvgIpc) is 3.22. The van der Waals surface area contributed by atoms with E-state index in [9.17, 15) is 9.59 Å². The van der Waals surface area contributed by atoms with Crippen LogP contribution in [0.5, 0.6) is 23.0 Å². The molecule has 2 heterocycles. The molecule has 0 saturated carbocycles. The summed E-state index contributed by atoms with van der Waals surface area (Å²) in [6, 6.07) is 42.1. The zero-order valence-electron chi connectivity index (χ0n) is 29.8. The van der Waals surface area contributed by atoms with Crippen LogP contribution in [-0.2, 0) is 9.59 Å². The van der Waals surface area contributed by atoms with Gasteiger partial charge in [-0.25, -0.2) is 0 Å². The number of carbonyl (C=O) groups excluding carboxylic acids is 2. The Kier molecular flexibility index (Phi) is 9.73. The number of fused-ring (bicyclic) bond motifs is 2. The van der Waals surface area contributed by atoms with Crippen molar-refractivity contribution in [1.29, 1.82) is 0 Å². The van der Waals surface area contributed by atoms with Gasteiger partial charge in [0.1, 0.15) is 48.3 Å². The maximum absolute atomic E-state index is 14.1. The summed E-state index contributed by atoms with van der Waals surface area (Å²) in [7, 11) is 0. The number of benzene rings is 6. The van der Waals surface area contributed by atoms with Crippen LogP contribution in [0.4, 0.5) is 0 Å². The number of rotatable bonds is 15. The highest BCUT2D eigenvalue weighted by Gasteiger charge is 2.54. The maximum atomic E-state index is 14.1. The first kappa shape index (κ1) is 34.5. The lowest BCUT2D eigenvalue weighted by molar-refractivity contribution is -0.172. The topological polar surface area (TPSA) is 77.5 Å². The summed E-state index contributed by atoms with van der Waals surface area (Å²) >= 11 is 0. The predicted molar refractivity (Wildman–Crippen MR) is 210 cm³/mol. The van der Waals surface area contributed by atoms with Crippen LogP contribution in [-0.4, -0.2) is 60.1 Å². The lowest BCUT2D eigenvalue weighted by Gasteiger charge is -2.51. The van der Waals surface area contributed by atoms with Crippen molar-refractivity contribution in [3.05, 3.63) is 170 Å². The summed E-state index contributed by atoms with van der Waals surface area (Å²) in [5.41, 5.74) is 1.63. The van der Waals surface area contributed by atoms with Gasteiger partial charge >= 0.3 is 0 Å². The van der Waals surface area contributed by atoms with Crippen molar-refractivity contribution in [2.45, 2.75) is 24.3 Å². The van der Waals surface area contributed by atoms with E-state index >= 15 is 0 Å². The van der Waals surface area contributed by atoms with Crippen molar-refractivity contribution in [2.75, 3.05) is 26.3 Å². The van der Waals surface area contributed by atoms with Crippen molar-refractivity contribution in [2.24, 2.45) is 0 Å². The van der Waals surface area contributed by atoms with Gasteiger partial charge in [-0.15, -0.1) is 0 Å². The quantitative estimate of drug-likeness (QED) is 0.0784. The molecular formula is C46H40N2O6. The molecule has 6 aromatic carbocycles. The molecule has 2 aliphatic rings. The van der Waals surface area contributed by atoms with Crippen LogP contribution in [0.2, 0.25) is 0 Å². The number of hydrogen-bond donors (Lipinski definition) is 0. The summed E-state index contributed by atoms with van der Waals surface area (Å²) in [4.78, 5) is 31.7. The number of amides is 2. The number of nitrogens with zero attached hydrogens (tertiary/aromatic N) is 2. The van der Waals surface area contributed by atoms with Gasteiger partial charge in [0.2, 0.25) is 12.2 Å². The molecule has 0 spiro atoms. The standard InChI is InChI=1S/C46H40N2O6/c1-3-27-51-39-19-11-9-17-37(39)41-43(53-35-23-21-31-13-5-7-15-33(31)29-35)45(49)47(41)25-26-48-42(38-18-10-12-20-40(38)52-28-4-2)44(46(48)50)54-36-24-22-32-14-6-8-16-34(32)30-36/h3-24,29-30,41-44H,1-2,25-28H2/t41-,42-,43+,44+/m0/s1. The molecule has 0 radical (unpaired) electrons. The lowest BCUT2D eigenvalue weighted by Crippen LogP contribution is -2.66. The molecular weight excluding hydrogens is 677 g/mol. The first-order valence-corrected chi connectivity index (χ1v) is 18.1. The maximum Gasteiger partial charge on any atom is 0.266 e. The van der Waals surface area contributed by atoms with Gasteiger partial charge in [0.25, 0.3) is 11.8 Å². The molecule has 54 heavy (non-hydrogen) atoms. The van der Waals surface area contributed by atoms with Gasteiger partial charge in [0.15, 0.2) is 0 Å². The highest BCUT2D eigenvalue weighted by atomic mass is 16.5. The minimum atomic E-state index is -0.792. The molecule has 2 saturated heterocycles. The minimum Gasteiger partial charge on any atom is -0.489 e. The zero-order chi connectivity index (χ0) is 37.0. The number of para-hydroxylation sites is 2. The normalized spacial score (nSPS) is 19.2. The Morgan fingerprint density at radius 1 is 0.500 bits per heavy atom. The third kappa shape index (κ3) is 6.63. The third-order valence-electron chi connectivity index (χ3n) is 10.0. The molecule has 4 atom stereocenters. The van der Waals surface area contributed by atoms with E-state index in [2.05, 4.69) is 13.2 Å². The van der Waals surface area contributed by atoms with E-state index < -0.39 is 24.3 Å². The number of ether oxygens (including phenoxy) is 4. The van der Waals surface area contributed by atoms with Crippen molar-refractivity contribution in [1.82, 2.24) is 9.80 Å². The molecule has 0 unspecified atom stereocenters. The second-order valence-electron chi connectivity index (χ2n) is 13.3. The Hall–Kier alpha value is -6.54. The minimum absolute atomic E-state index is 0.171. The Morgan fingerprint density at radius 3 is 1.31 bits per heavy atom. The van der Waals surface area contributed by atoms with Gasteiger partial charge in [0.05, 0.1) is 0 Å². The lowest BCUT2D eigenvalue weighted by atomic mass is 9.88. The molecule has 0 N–H and O–H groups in total. The molecule has 0 aliphatic carbocycles. The van der Waals surface area contributed by atoms with Crippen LogP contribution in [0.3, 0.4) is 0 Å². The number of β-lactam (4-membered cyclic amide) rings is 2. The van der Waals surface area contributed by atoms with Crippen LogP contribution in [0.1, 0.15) is 23.2 Å². The fourth-order valence-corrected chi connectivity index (χ4v) is 7.42. The fraction of sp³-hybridized carbons (Fsp3) is 0.174. The van der Waals surface area contributed by atoms with Crippen LogP contribution >= 0.6 is 0 Å². The second-order valence-corrected chi connectivity index (χ2v) is 13.3. The first-order valence-electron chi connectivity index (χ1n) is 18.1. The molecule has 6 aromatic rings. The van der Waals surface area contributed by atoms with E-state index in [1.807, 2.05) is 133 Å². The summed E-state index contributed by atoms with van der Waals surface area (Å²) in [5.74, 6) is 2.14. The van der Waals surface area contributed by atoms with Crippen molar-refractivity contribution in [3.8, 4) is 23.0 Å². The smallest absolute Gasteiger partial charge is 0.266 e. The Labute approximate surface area is 314 Å². The molecule has 8 rings (SSSR count). The summed E-state index contributed by atoms with van der Waals surface area (Å²) < 4.78 is 25.0. The molecule has 0 bridgehead atoms. The van der Waals surface area contributed by atoms with E-state index in [0.29, 0.717) is 36.2 Å². The van der Waals surface area contributed by atoms with Gasteiger partial charge in [-0.3, -0.25) is 9.59 Å². The van der Waals surface area contributed by atoms with Crippen molar-refractivity contribution < 1.29 is 28.5 Å². The van der Waals surface area contributed by atoms with Gasteiger partial charge in [-0.2, -0.15) is 0 Å². The van der Waals surface area contributed by atoms with Crippen molar-refractivity contribution >= 4 is 33.4 Å². The second kappa shape index (κ2) is 15.2. The third-order valence-corrected chi connectivity index (χ3v) is 10.0. The monoisotopic (exact) mass is 716 g/mol. The molecule has 8 nitrogen and oxygen atoms in total. The molecule has 2 aliphatic heterocycles. The largest absolute Gasteiger partial charge is 0.489 e. The number of hydrogen-bond acceptors (Lipinski definition) is 6. The highest BCUT2D eigenvalue weighted by Crippen LogP contribution is 2.45. The average molecular weight is 717 g/mol. The van der Waals surface area contributed by atoms with E-state index in [4.69, 9.17) is 18.9 Å². The van der Waals surface area contributed by atoms with Crippen LogP contribution in [0, 0.1) is 0 Å². The molecule has 2 fully saturated rings. The Balaban J connectivity index is 1.08. The Bertz CT molecular complexity index is 2190. The molecule has 0 aromatic heterocycles. The van der Waals surface area contributed by atoms with Gasteiger partial charge in [-0.1, -0.05) is 122 Å². The number of likely N-dealkylation sites (tertiary alicyclic amines) is 2. The molecule has 270 valence electrons. The van der Waals surface area contributed by atoms with Gasteiger partial charge < -0.3 is 28.7 Å². The van der Waals surface area contributed by atoms with Crippen LogP contribution in [0.25, 0.3) is 21.5 Å². The van der Waals surface area contributed by atoms with Crippen LogP contribution in [0.15, 0.2) is 159 Å². The zero-order valence-corrected chi connectivity index (χ0v) is 29.8. The summed E-state index contributed by atoms with van der Waals surface area (Å²) in [6.07, 6.45) is 1.79. The van der Waals surface area contributed by atoms with Gasteiger partial charge in [0, 0.05) is 24.2 Å². The molecule has 8 heteroatoms. The SMILES string of the molecule is C=CCOc1ccccc1[C@H]1[C@@H](Oc2ccc3ccccc3c2)C(=O)N1CCN1C(=O)[C@H](Oc2ccc3ccccc3c2)[C@@H]1c1ccccc1OCC=C.